The molecular weight excluding hydrogens is 336 g/mol. The third kappa shape index (κ3) is 4.39. The zero-order valence-corrected chi connectivity index (χ0v) is 12.8. The molecule has 0 fully saturated rings. The summed E-state index contributed by atoms with van der Waals surface area (Å²) in [6.07, 6.45) is 2.04. The van der Waals surface area contributed by atoms with Crippen molar-refractivity contribution in [2.75, 3.05) is 5.32 Å². The highest BCUT2D eigenvalue weighted by molar-refractivity contribution is 9.10. The molecule has 1 amide bonds. The number of rotatable bonds is 4. The predicted octanol–water partition coefficient (Wildman–Crippen LogP) is 3.03. The van der Waals surface area contributed by atoms with E-state index in [1.807, 2.05) is 6.07 Å². The number of anilines is 1. The van der Waals surface area contributed by atoms with Crippen LogP contribution in [0.2, 0.25) is 0 Å². The van der Waals surface area contributed by atoms with E-state index in [0.717, 1.165) is 0 Å². The van der Waals surface area contributed by atoms with Crippen molar-refractivity contribution < 1.29 is 14.3 Å². The summed E-state index contributed by atoms with van der Waals surface area (Å²) in [6.45, 7) is 1.52. The summed E-state index contributed by atoms with van der Waals surface area (Å²) in [5, 5.41) is 2.67. The van der Waals surface area contributed by atoms with Gasteiger partial charge in [0.1, 0.15) is 0 Å². The highest BCUT2D eigenvalue weighted by Crippen LogP contribution is 2.12. The molecule has 0 saturated carbocycles. The van der Waals surface area contributed by atoms with Crippen molar-refractivity contribution in [3.05, 3.63) is 58.8 Å². The van der Waals surface area contributed by atoms with E-state index in [0.29, 0.717) is 10.2 Å². The molecule has 0 unspecified atom stereocenters. The second-order valence-electron chi connectivity index (χ2n) is 4.29. The van der Waals surface area contributed by atoms with Gasteiger partial charge in [-0.3, -0.25) is 9.78 Å². The Labute approximate surface area is 130 Å². The summed E-state index contributed by atoms with van der Waals surface area (Å²) in [6, 6.07) is 10.5. The molecule has 0 bridgehead atoms. The lowest BCUT2D eigenvalue weighted by Crippen LogP contribution is -2.30. The van der Waals surface area contributed by atoms with Gasteiger partial charge in [-0.1, -0.05) is 18.2 Å². The number of nitrogens with one attached hydrogen (secondary N) is 1. The number of hydrogen-bond donors (Lipinski definition) is 1. The molecule has 2 aromatic rings. The van der Waals surface area contributed by atoms with E-state index >= 15 is 0 Å². The van der Waals surface area contributed by atoms with Crippen LogP contribution in [0.25, 0.3) is 0 Å². The average molecular weight is 349 g/mol. The molecule has 5 nitrogen and oxygen atoms in total. The molecule has 1 aromatic heterocycles. The van der Waals surface area contributed by atoms with Crippen LogP contribution in [0.1, 0.15) is 17.3 Å². The Balaban J connectivity index is 1.96. The Bertz CT molecular complexity index is 646. The van der Waals surface area contributed by atoms with Gasteiger partial charge in [0.05, 0.1) is 5.56 Å². The van der Waals surface area contributed by atoms with E-state index in [1.54, 1.807) is 36.5 Å². The first kappa shape index (κ1) is 15.2. The molecule has 1 aromatic carbocycles. The summed E-state index contributed by atoms with van der Waals surface area (Å²) in [4.78, 5) is 27.7. The Kier molecular flexibility index (Phi) is 5.05. The molecule has 0 saturated heterocycles. The molecule has 6 heteroatoms. The first-order valence-corrected chi connectivity index (χ1v) is 7.03. The monoisotopic (exact) mass is 348 g/mol. The summed E-state index contributed by atoms with van der Waals surface area (Å²) < 4.78 is 5.78. The molecule has 0 aliphatic rings. The number of carbonyl (C=O) groups excluding carboxylic acids is 2. The van der Waals surface area contributed by atoms with E-state index in [1.165, 1.54) is 13.1 Å². The molecule has 108 valence electrons. The average Bonchev–Trinajstić information content (AvgIpc) is 2.48. The normalized spacial score (nSPS) is 11.5. The van der Waals surface area contributed by atoms with Gasteiger partial charge in [0.15, 0.2) is 6.10 Å². The zero-order valence-electron chi connectivity index (χ0n) is 11.2. The Hall–Kier alpha value is -2.21. The Morgan fingerprint density at radius 3 is 2.62 bits per heavy atom. The lowest BCUT2D eigenvalue weighted by atomic mass is 10.3. The number of ether oxygens (including phenoxy) is 1. The second kappa shape index (κ2) is 6.99. The Morgan fingerprint density at radius 1 is 1.24 bits per heavy atom. The van der Waals surface area contributed by atoms with Gasteiger partial charge in [0, 0.05) is 22.6 Å². The van der Waals surface area contributed by atoms with Crippen molar-refractivity contribution in [1.29, 1.82) is 0 Å². The topological polar surface area (TPSA) is 68.3 Å². The van der Waals surface area contributed by atoms with E-state index < -0.39 is 18.0 Å². The van der Waals surface area contributed by atoms with Crippen LogP contribution in [-0.4, -0.2) is 23.0 Å². The fourth-order valence-electron chi connectivity index (χ4n) is 1.57. The minimum absolute atomic E-state index is 0.281. The smallest absolute Gasteiger partial charge is 0.340 e. The van der Waals surface area contributed by atoms with Crippen molar-refractivity contribution in [3.63, 3.8) is 0 Å². The van der Waals surface area contributed by atoms with Gasteiger partial charge in [-0.05, 0) is 41.1 Å². The Morgan fingerprint density at radius 2 is 1.95 bits per heavy atom. The predicted molar refractivity (Wildman–Crippen MR) is 81.9 cm³/mol. The van der Waals surface area contributed by atoms with Crippen molar-refractivity contribution in [2.24, 2.45) is 0 Å². The van der Waals surface area contributed by atoms with Crippen LogP contribution in [-0.2, 0) is 9.53 Å². The SMILES string of the molecule is C[C@H](OC(=O)c1cncc(Br)c1)C(=O)Nc1ccccc1. The van der Waals surface area contributed by atoms with Crippen LogP contribution in [0.5, 0.6) is 0 Å². The number of pyridine rings is 1. The molecule has 0 spiro atoms. The van der Waals surface area contributed by atoms with Crippen molar-refractivity contribution in [3.8, 4) is 0 Å². The molecule has 0 aliphatic carbocycles. The second-order valence-corrected chi connectivity index (χ2v) is 5.21. The van der Waals surface area contributed by atoms with Crippen molar-refractivity contribution in [2.45, 2.75) is 13.0 Å². The standard InChI is InChI=1S/C15H13BrN2O3/c1-10(14(19)18-13-5-3-2-4-6-13)21-15(20)11-7-12(16)9-17-8-11/h2-10H,1H3,(H,18,19)/t10-/m0/s1. The third-order valence-corrected chi connectivity index (χ3v) is 3.07. The fourth-order valence-corrected chi connectivity index (χ4v) is 1.94. The maximum absolute atomic E-state index is 11.9. The highest BCUT2D eigenvalue weighted by Gasteiger charge is 2.19. The van der Waals surface area contributed by atoms with Crippen LogP contribution >= 0.6 is 15.9 Å². The minimum Gasteiger partial charge on any atom is -0.449 e. The lowest BCUT2D eigenvalue weighted by molar-refractivity contribution is -0.123. The number of halogens is 1. The van der Waals surface area contributed by atoms with Gasteiger partial charge < -0.3 is 10.1 Å². The van der Waals surface area contributed by atoms with Gasteiger partial charge in [0.2, 0.25) is 0 Å². The van der Waals surface area contributed by atoms with E-state index in [4.69, 9.17) is 4.74 Å². The first-order valence-electron chi connectivity index (χ1n) is 6.23. The number of aromatic nitrogens is 1. The minimum atomic E-state index is -0.906. The fraction of sp³-hybridized carbons (Fsp3) is 0.133. The lowest BCUT2D eigenvalue weighted by Gasteiger charge is -2.13. The van der Waals surface area contributed by atoms with E-state index in [9.17, 15) is 9.59 Å². The summed E-state index contributed by atoms with van der Waals surface area (Å²) in [5.74, 6) is -0.989. The molecule has 1 heterocycles. The number of amides is 1. The van der Waals surface area contributed by atoms with Gasteiger partial charge in [-0.25, -0.2) is 4.79 Å². The maximum atomic E-state index is 11.9. The van der Waals surface area contributed by atoms with Gasteiger partial charge in [-0.2, -0.15) is 0 Å². The highest BCUT2D eigenvalue weighted by atomic mass is 79.9. The number of benzene rings is 1. The largest absolute Gasteiger partial charge is 0.449 e. The number of nitrogens with zero attached hydrogens (tertiary/aromatic N) is 1. The maximum Gasteiger partial charge on any atom is 0.340 e. The number of para-hydroxylation sites is 1. The van der Waals surface area contributed by atoms with Gasteiger partial charge in [0.25, 0.3) is 5.91 Å². The molecular formula is C15H13BrN2O3. The number of hydrogen-bond acceptors (Lipinski definition) is 4. The molecule has 2 rings (SSSR count). The molecule has 1 N–H and O–H groups in total. The first-order chi connectivity index (χ1) is 10.1. The van der Waals surface area contributed by atoms with Gasteiger partial charge in [-0.15, -0.1) is 0 Å². The number of esters is 1. The zero-order chi connectivity index (χ0) is 15.2. The van der Waals surface area contributed by atoms with Crippen molar-refractivity contribution in [1.82, 2.24) is 4.98 Å². The summed E-state index contributed by atoms with van der Waals surface area (Å²) >= 11 is 3.22. The van der Waals surface area contributed by atoms with E-state index in [-0.39, 0.29) is 5.56 Å². The van der Waals surface area contributed by atoms with Gasteiger partial charge >= 0.3 is 5.97 Å². The quantitative estimate of drug-likeness (QED) is 0.862. The molecule has 0 aliphatic heterocycles. The molecule has 0 radical (unpaired) electrons. The summed E-state index contributed by atoms with van der Waals surface area (Å²) in [5.41, 5.74) is 0.929. The van der Waals surface area contributed by atoms with Crippen LogP contribution in [0.4, 0.5) is 5.69 Å². The van der Waals surface area contributed by atoms with E-state index in [2.05, 4.69) is 26.2 Å². The van der Waals surface area contributed by atoms with Crippen LogP contribution < -0.4 is 5.32 Å². The molecule has 1 atom stereocenters. The number of carbonyl (C=O) groups is 2. The van der Waals surface area contributed by atoms with Crippen molar-refractivity contribution >= 4 is 33.5 Å². The molecule has 21 heavy (non-hydrogen) atoms. The van der Waals surface area contributed by atoms with Crippen LogP contribution in [0, 0.1) is 0 Å². The van der Waals surface area contributed by atoms with Crippen LogP contribution in [0.15, 0.2) is 53.3 Å². The van der Waals surface area contributed by atoms with Crippen LogP contribution in [0.3, 0.4) is 0 Å². The summed E-state index contributed by atoms with van der Waals surface area (Å²) in [7, 11) is 0. The third-order valence-electron chi connectivity index (χ3n) is 2.63.